The van der Waals surface area contributed by atoms with Crippen LogP contribution in [0.3, 0.4) is 0 Å². The smallest absolute Gasteiger partial charge is 0.110 e. The van der Waals surface area contributed by atoms with Crippen molar-refractivity contribution in [1.29, 1.82) is 0 Å². The van der Waals surface area contributed by atoms with E-state index in [-0.39, 0.29) is 0 Å². The third-order valence-electron chi connectivity index (χ3n) is 2.20. The Morgan fingerprint density at radius 1 is 1.57 bits per heavy atom. The molecule has 2 aromatic rings. The average molecular weight is 254 g/mol. The van der Waals surface area contributed by atoms with Gasteiger partial charge in [-0.2, -0.15) is 0 Å². The normalized spacial score (nSPS) is 11.1. The van der Waals surface area contributed by atoms with Crippen molar-refractivity contribution in [2.45, 2.75) is 13.5 Å². The van der Waals surface area contributed by atoms with Gasteiger partial charge in [-0.15, -0.1) is 0 Å². The maximum absolute atomic E-state index is 4.50. The summed E-state index contributed by atoms with van der Waals surface area (Å²) in [5, 5.41) is 3.12. The third-order valence-corrected chi connectivity index (χ3v) is 2.70. The molecule has 14 heavy (non-hydrogen) atoms. The van der Waals surface area contributed by atoms with Crippen LogP contribution in [0, 0.1) is 6.92 Å². The molecule has 74 valence electrons. The van der Waals surface area contributed by atoms with Gasteiger partial charge in [-0.3, -0.25) is 0 Å². The highest BCUT2D eigenvalue weighted by Gasteiger charge is 2.06. The van der Waals surface area contributed by atoms with Crippen LogP contribution in [0.1, 0.15) is 11.5 Å². The van der Waals surface area contributed by atoms with Crippen LogP contribution in [-0.2, 0) is 6.54 Å². The Morgan fingerprint density at radius 3 is 3.07 bits per heavy atom. The fourth-order valence-corrected chi connectivity index (χ4v) is 1.92. The lowest BCUT2D eigenvalue weighted by Crippen LogP contribution is -2.05. The van der Waals surface area contributed by atoms with Crippen molar-refractivity contribution >= 4 is 21.4 Å². The van der Waals surface area contributed by atoms with E-state index in [1.54, 1.807) is 0 Å². The molecule has 2 rings (SSSR count). The number of imidazole rings is 1. The van der Waals surface area contributed by atoms with Crippen molar-refractivity contribution < 1.29 is 0 Å². The van der Waals surface area contributed by atoms with Crippen molar-refractivity contribution in [2.75, 3.05) is 7.05 Å². The predicted octanol–water partition coefficient (Wildman–Crippen LogP) is 2.12. The predicted molar refractivity (Wildman–Crippen MR) is 60.4 cm³/mol. The second-order valence-corrected chi connectivity index (χ2v) is 4.15. The number of aryl methyl sites for hydroxylation is 1. The van der Waals surface area contributed by atoms with Crippen molar-refractivity contribution in [1.82, 2.24) is 14.7 Å². The van der Waals surface area contributed by atoms with E-state index in [1.165, 1.54) is 0 Å². The summed E-state index contributed by atoms with van der Waals surface area (Å²) in [5.74, 6) is 1.03. The molecule has 1 N–H and O–H groups in total. The van der Waals surface area contributed by atoms with Gasteiger partial charge in [-0.1, -0.05) is 15.9 Å². The lowest BCUT2D eigenvalue weighted by atomic mass is 10.3. The molecule has 0 aliphatic heterocycles. The number of pyridine rings is 1. The maximum atomic E-state index is 4.50. The molecule has 0 fully saturated rings. The summed E-state index contributed by atoms with van der Waals surface area (Å²) in [6.07, 6.45) is 2.03. The molecule has 0 atom stereocenters. The highest BCUT2D eigenvalue weighted by Crippen LogP contribution is 2.18. The first-order chi connectivity index (χ1) is 6.72. The number of rotatable bonds is 2. The first-order valence-electron chi connectivity index (χ1n) is 4.50. The maximum Gasteiger partial charge on any atom is 0.110 e. The molecule has 4 heteroatoms. The summed E-state index contributed by atoms with van der Waals surface area (Å²) in [6, 6.07) is 4.11. The van der Waals surface area contributed by atoms with E-state index in [9.17, 15) is 0 Å². The van der Waals surface area contributed by atoms with Crippen LogP contribution in [0.15, 0.2) is 22.8 Å². The monoisotopic (exact) mass is 253 g/mol. The minimum Gasteiger partial charge on any atom is -0.314 e. The number of aromatic nitrogens is 2. The summed E-state index contributed by atoms with van der Waals surface area (Å²) < 4.78 is 3.18. The van der Waals surface area contributed by atoms with Gasteiger partial charge in [0.25, 0.3) is 0 Å². The van der Waals surface area contributed by atoms with Crippen molar-refractivity contribution in [3.8, 4) is 0 Å². The number of hydrogen-bond acceptors (Lipinski definition) is 2. The highest BCUT2D eigenvalue weighted by molar-refractivity contribution is 9.10. The van der Waals surface area contributed by atoms with Crippen LogP contribution in [0.2, 0.25) is 0 Å². The fraction of sp³-hybridized carbons (Fsp3) is 0.300. The van der Waals surface area contributed by atoms with Crippen LogP contribution in [-0.4, -0.2) is 16.4 Å². The van der Waals surface area contributed by atoms with Gasteiger partial charge < -0.3 is 9.72 Å². The molecule has 0 aliphatic carbocycles. The minimum atomic E-state index is 0.799. The fourth-order valence-electron chi connectivity index (χ4n) is 1.58. The summed E-state index contributed by atoms with van der Waals surface area (Å²) in [6.45, 7) is 2.81. The molecule has 0 saturated carbocycles. The second kappa shape index (κ2) is 3.71. The SMILES string of the molecule is CNCc1nc(C)n2ccc(Br)cc12. The first-order valence-corrected chi connectivity index (χ1v) is 5.29. The molecular weight excluding hydrogens is 242 g/mol. The molecule has 0 radical (unpaired) electrons. The van der Waals surface area contributed by atoms with E-state index < -0.39 is 0 Å². The quantitative estimate of drug-likeness (QED) is 0.889. The number of nitrogens with one attached hydrogen (secondary N) is 1. The van der Waals surface area contributed by atoms with E-state index in [0.29, 0.717) is 0 Å². The topological polar surface area (TPSA) is 29.3 Å². The summed E-state index contributed by atoms with van der Waals surface area (Å²) in [5.41, 5.74) is 2.25. The van der Waals surface area contributed by atoms with Gasteiger partial charge in [-0.05, 0) is 26.1 Å². The molecule has 2 heterocycles. The van der Waals surface area contributed by atoms with E-state index >= 15 is 0 Å². The molecule has 2 aromatic heterocycles. The Hall–Kier alpha value is -0.870. The van der Waals surface area contributed by atoms with Gasteiger partial charge in [0.05, 0.1) is 11.2 Å². The van der Waals surface area contributed by atoms with Gasteiger partial charge >= 0.3 is 0 Å². The van der Waals surface area contributed by atoms with E-state index in [4.69, 9.17) is 0 Å². The Bertz CT molecular complexity index is 462. The van der Waals surface area contributed by atoms with Gasteiger partial charge in [-0.25, -0.2) is 4.98 Å². The number of hydrogen-bond donors (Lipinski definition) is 1. The van der Waals surface area contributed by atoms with Gasteiger partial charge in [0.1, 0.15) is 5.82 Å². The summed E-state index contributed by atoms with van der Waals surface area (Å²) in [4.78, 5) is 4.50. The average Bonchev–Trinajstić information content (AvgIpc) is 2.44. The number of nitrogens with zero attached hydrogens (tertiary/aromatic N) is 2. The van der Waals surface area contributed by atoms with Gasteiger partial charge in [0, 0.05) is 17.2 Å². The van der Waals surface area contributed by atoms with Gasteiger partial charge in [0.15, 0.2) is 0 Å². The first kappa shape index (κ1) is 9.68. The van der Waals surface area contributed by atoms with Crippen molar-refractivity contribution in [3.63, 3.8) is 0 Å². The molecule has 3 nitrogen and oxygen atoms in total. The Labute approximate surface area is 91.3 Å². The summed E-state index contributed by atoms with van der Waals surface area (Å²) in [7, 11) is 1.93. The zero-order chi connectivity index (χ0) is 10.1. The molecule has 0 spiro atoms. The van der Waals surface area contributed by atoms with E-state index in [2.05, 4.69) is 36.7 Å². The molecule has 0 saturated heterocycles. The van der Waals surface area contributed by atoms with Crippen LogP contribution in [0.4, 0.5) is 0 Å². The molecule has 0 bridgehead atoms. The largest absolute Gasteiger partial charge is 0.314 e. The van der Waals surface area contributed by atoms with Crippen molar-refractivity contribution in [2.24, 2.45) is 0 Å². The minimum absolute atomic E-state index is 0.799. The summed E-state index contributed by atoms with van der Waals surface area (Å²) >= 11 is 3.47. The standard InChI is InChI=1S/C10H12BrN3/c1-7-13-9(6-12-2)10-5-8(11)3-4-14(7)10/h3-5,12H,6H2,1-2H3. The molecular formula is C10H12BrN3. The van der Waals surface area contributed by atoms with Crippen LogP contribution < -0.4 is 5.32 Å². The second-order valence-electron chi connectivity index (χ2n) is 3.24. The molecule has 0 unspecified atom stereocenters. The lowest BCUT2D eigenvalue weighted by Gasteiger charge is -1.98. The Balaban J connectivity index is 2.66. The Kier molecular flexibility index (Phi) is 2.56. The molecule has 0 aliphatic rings. The zero-order valence-electron chi connectivity index (χ0n) is 8.21. The number of fused-ring (bicyclic) bond motifs is 1. The van der Waals surface area contributed by atoms with Crippen LogP contribution in [0.25, 0.3) is 5.52 Å². The highest BCUT2D eigenvalue weighted by atomic mass is 79.9. The number of halogens is 1. The molecule has 0 aromatic carbocycles. The zero-order valence-corrected chi connectivity index (χ0v) is 9.80. The van der Waals surface area contributed by atoms with Crippen molar-refractivity contribution in [3.05, 3.63) is 34.3 Å². The third kappa shape index (κ3) is 1.55. The van der Waals surface area contributed by atoms with Crippen LogP contribution in [0.5, 0.6) is 0 Å². The Morgan fingerprint density at radius 2 is 2.36 bits per heavy atom. The van der Waals surface area contributed by atoms with Crippen LogP contribution >= 0.6 is 15.9 Å². The van der Waals surface area contributed by atoms with E-state index in [1.807, 2.05) is 26.2 Å². The lowest BCUT2D eigenvalue weighted by molar-refractivity contribution is 0.800. The van der Waals surface area contributed by atoms with E-state index in [0.717, 1.165) is 28.1 Å². The van der Waals surface area contributed by atoms with Gasteiger partial charge in [0.2, 0.25) is 0 Å². The molecule has 0 amide bonds.